The van der Waals surface area contributed by atoms with Crippen molar-refractivity contribution in [1.82, 2.24) is 4.90 Å². The topological polar surface area (TPSA) is 82.1 Å². The largest absolute Gasteiger partial charge is 0.493 e. The molecule has 0 fully saturated rings. The van der Waals surface area contributed by atoms with Crippen LogP contribution in [0.25, 0.3) is 6.08 Å². The summed E-state index contributed by atoms with van der Waals surface area (Å²) < 4.78 is 15.3. The molecule has 0 atom stereocenters. The second-order valence-electron chi connectivity index (χ2n) is 6.02. The Kier molecular flexibility index (Phi) is 5.44. The summed E-state index contributed by atoms with van der Waals surface area (Å²) in [7, 11) is 4.27. The molecule has 1 aliphatic heterocycles. The fourth-order valence-electron chi connectivity index (χ4n) is 3.00. The molecule has 0 aromatic heterocycles. The van der Waals surface area contributed by atoms with Crippen LogP contribution in [0.15, 0.2) is 48.0 Å². The van der Waals surface area contributed by atoms with E-state index in [1.165, 1.54) is 21.3 Å². The van der Waals surface area contributed by atoms with Gasteiger partial charge in [-0.3, -0.25) is 14.5 Å². The molecule has 0 saturated heterocycles. The molecular formula is C21H19NO6. The van der Waals surface area contributed by atoms with Gasteiger partial charge in [0.15, 0.2) is 11.5 Å². The average molecular weight is 381 g/mol. The fraction of sp³-hybridized carbons (Fsp3) is 0.190. The van der Waals surface area contributed by atoms with Crippen LogP contribution in [-0.2, 0) is 9.53 Å². The molecule has 0 aliphatic carbocycles. The van der Waals surface area contributed by atoms with Crippen molar-refractivity contribution in [2.24, 2.45) is 0 Å². The lowest BCUT2D eigenvalue weighted by Gasteiger charge is -2.15. The van der Waals surface area contributed by atoms with E-state index >= 15 is 0 Å². The van der Waals surface area contributed by atoms with Crippen LogP contribution >= 0.6 is 0 Å². The van der Waals surface area contributed by atoms with Crippen LogP contribution in [0.5, 0.6) is 11.5 Å². The van der Waals surface area contributed by atoms with Gasteiger partial charge in [-0.25, -0.2) is 4.79 Å². The molecule has 2 aromatic rings. The monoisotopic (exact) mass is 381 g/mol. The van der Waals surface area contributed by atoms with E-state index in [-0.39, 0.29) is 12.1 Å². The van der Waals surface area contributed by atoms with Gasteiger partial charge in [-0.05, 0) is 35.9 Å². The molecule has 7 heteroatoms. The zero-order valence-electron chi connectivity index (χ0n) is 15.7. The standard InChI is InChI=1S/C21H19NO6/c1-26-17-9-8-13(11-18(17)27-2)10-14(21(25)28-3)12-22-19(23)15-6-4-5-7-16(15)20(22)24/h4-11H,12H2,1-3H3/b14-10+. The number of ether oxygens (including phenoxy) is 3. The molecule has 1 heterocycles. The highest BCUT2D eigenvalue weighted by Crippen LogP contribution is 2.29. The van der Waals surface area contributed by atoms with Gasteiger partial charge in [0.1, 0.15) is 0 Å². The van der Waals surface area contributed by atoms with Gasteiger partial charge in [-0.1, -0.05) is 18.2 Å². The number of carbonyl (C=O) groups is 3. The zero-order valence-corrected chi connectivity index (χ0v) is 15.7. The fourth-order valence-corrected chi connectivity index (χ4v) is 3.00. The molecule has 0 spiro atoms. The summed E-state index contributed by atoms with van der Waals surface area (Å²) in [5, 5.41) is 0. The summed E-state index contributed by atoms with van der Waals surface area (Å²) in [4.78, 5) is 38.5. The van der Waals surface area contributed by atoms with Crippen molar-refractivity contribution < 1.29 is 28.6 Å². The van der Waals surface area contributed by atoms with Crippen LogP contribution in [0.1, 0.15) is 26.3 Å². The first-order valence-electron chi connectivity index (χ1n) is 8.46. The van der Waals surface area contributed by atoms with Crippen molar-refractivity contribution in [2.75, 3.05) is 27.9 Å². The molecule has 3 rings (SSSR count). The minimum absolute atomic E-state index is 0.157. The summed E-state index contributed by atoms with van der Waals surface area (Å²) in [6.45, 7) is -0.201. The minimum Gasteiger partial charge on any atom is -0.493 e. The Bertz CT molecular complexity index is 944. The lowest BCUT2D eigenvalue weighted by molar-refractivity contribution is -0.136. The number of fused-ring (bicyclic) bond motifs is 1. The highest BCUT2D eigenvalue weighted by Gasteiger charge is 2.36. The van der Waals surface area contributed by atoms with Gasteiger partial charge in [-0.15, -0.1) is 0 Å². The Morgan fingerprint density at radius 2 is 1.54 bits per heavy atom. The Balaban J connectivity index is 1.94. The number of carbonyl (C=O) groups excluding carboxylic acids is 3. The molecule has 0 unspecified atom stereocenters. The lowest BCUT2D eigenvalue weighted by atomic mass is 10.1. The second kappa shape index (κ2) is 7.96. The van der Waals surface area contributed by atoms with E-state index in [2.05, 4.69) is 0 Å². The van der Waals surface area contributed by atoms with Gasteiger partial charge in [0.05, 0.1) is 44.6 Å². The van der Waals surface area contributed by atoms with Gasteiger partial charge >= 0.3 is 5.97 Å². The van der Waals surface area contributed by atoms with Crippen molar-refractivity contribution in [3.8, 4) is 11.5 Å². The molecule has 1 aliphatic rings. The number of methoxy groups -OCH3 is 3. The number of imide groups is 1. The third-order valence-electron chi connectivity index (χ3n) is 4.40. The number of amides is 2. The van der Waals surface area contributed by atoms with Gasteiger partial charge < -0.3 is 14.2 Å². The van der Waals surface area contributed by atoms with E-state index in [1.807, 2.05) is 0 Å². The number of benzene rings is 2. The zero-order chi connectivity index (χ0) is 20.3. The van der Waals surface area contributed by atoms with Crippen LogP contribution in [0.2, 0.25) is 0 Å². The molecule has 2 aromatic carbocycles. The molecule has 144 valence electrons. The first-order chi connectivity index (χ1) is 13.5. The van der Waals surface area contributed by atoms with Crippen molar-refractivity contribution >= 4 is 23.9 Å². The van der Waals surface area contributed by atoms with Crippen molar-refractivity contribution in [1.29, 1.82) is 0 Å². The smallest absolute Gasteiger partial charge is 0.335 e. The van der Waals surface area contributed by atoms with Crippen LogP contribution in [0.4, 0.5) is 0 Å². The molecule has 0 N–H and O–H groups in total. The van der Waals surface area contributed by atoms with Gasteiger partial charge in [0.25, 0.3) is 11.8 Å². The van der Waals surface area contributed by atoms with E-state index in [0.29, 0.717) is 28.2 Å². The van der Waals surface area contributed by atoms with Gasteiger partial charge in [0.2, 0.25) is 0 Å². The quantitative estimate of drug-likeness (QED) is 0.435. The van der Waals surface area contributed by atoms with Gasteiger partial charge in [0, 0.05) is 0 Å². The highest BCUT2D eigenvalue weighted by atomic mass is 16.5. The van der Waals surface area contributed by atoms with Crippen LogP contribution < -0.4 is 9.47 Å². The maximum absolute atomic E-state index is 12.6. The lowest BCUT2D eigenvalue weighted by Crippen LogP contribution is -2.33. The number of rotatable bonds is 6. The van der Waals surface area contributed by atoms with Crippen LogP contribution in [-0.4, -0.2) is 50.6 Å². The van der Waals surface area contributed by atoms with Crippen molar-refractivity contribution in [3.05, 3.63) is 64.7 Å². The number of esters is 1. The van der Waals surface area contributed by atoms with Crippen LogP contribution in [0.3, 0.4) is 0 Å². The average Bonchev–Trinajstić information content (AvgIpc) is 2.97. The summed E-state index contributed by atoms with van der Waals surface area (Å²) in [5.41, 5.74) is 1.43. The molecule has 7 nitrogen and oxygen atoms in total. The normalized spacial score (nSPS) is 13.4. The van der Waals surface area contributed by atoms with E-state index in [1.54, 1.807) is 48.5 Å². The molecule has 0 saturated carbocycles. The van der Waals surface area contributed by atoms with Crippen molar-refractivity contribution in [3.63, 3.8) is 0 Å². The maximum atomic E-state index is 12.6. The van der Waals surface area contributed by atoms with E-state index in [0.717, 1.165) is 4.90 Å². The van der Waals surface area contributed by atoms with Crippen molar-refractivity contribution in [2.45, 2.75) is 0 Å². The predicted octanol–water partition coefficient (Wildman–Crippen LogP) is 2.56. The summed E-state index contributed by atoms with van der Waals surface area (Å²) in [5.74, 6) is -0.488. The van der Waals surface area contributed by atoms with Gasteiger partial charge in [-0.2, -0.15) is 0 Å². The van der Waals surface area contributed by atoms with Crippen LogP contribution in [0, 0.1) is 0 Å². The number of hydrogen-bond donors (Lipinski definition) is 0. The third-order valence-corrected chi connectivity index (χ3v) is 4.40. The molecule has 2 amide bonds. The third kappa shape index (κ3) is 3.46. The Labute approximate surface area is 162 Å². The Morgan fingerprint density at radius 3 is 2.07 bits per heavy atom. The maximum Gasteiger partial charge on any atom is 0.335 e. The second-order valence-corrected chi connectivity index (χ2v) is 6.02. The summed E-state index contributed by atoms with van der Waals surface area (Å²) >= 11 is 0. The highest BCUT2D eigenvalue weighted by molar-refractivity contribution is 6.21. The molecule has 0 radical (unpaired) electrons. The first-order valence-corrected chi connectivity index (χ1v) is 8.46. The van der Waals surface area contributed by atoms with E-state index in [9.17, 15) is 14.4 Å². The number of hydrogen-bond acceptors (Lipinski definition) is 6. The molecule has 0 bridgehead atoms. The summed E-state index contributed by atoms with van der Waals surface area (Å²) in [6.07, 6.45) is 1.55. The summed E-state index contributed by atoms with van der Waals surface area (Å²) in [6, 6.07) is 11.7. The Hall–Kier alpha value is -3.61. The molecule has 28 heavy (non-hydrogen) atoms. The Morgan fingerprint density at radius 1 is 0.929 bits per heavy atom. The SMILES string of the molecule is COC(=O)/C(=C/c1ccc(OC)c(OC)c1)CN1C(=O)c2ccccc2C1=O. The van der Waals surface area contributed by atoms with E-state index < -0.39 is 17.8 Å². The minimum atomic E-state index is -0.633. The van der Waals surface area contributed by atoms with E-state index in [4.69, 9.17) is 14.2 Å². The number of nitrogens with zero attached hydrogens (tertiary/aromatic N) is 1. The predicted molar refractivity (Wildman–Crippen MR) is 101 cm³/mol. The molecular weight excluding hydrogens is 362 g/mol. The first kappa shape index (κ1) is 19.2.